The van der Waals surface area contributed by atoms with Crippen molar-refractivity contribution in [1.29, 1.82) is 0 Å². The third kappa shape index (κ3) is 4.82. The molecule has 0 atom stereocenters. The first-order chi connectivity index (χ1) is 12.1. The SMILES string of the molecule is S=C(N/N=C\c1ccc(-c2ccc(Cl)cc2Cl)o1)Nc1ccccc1. The van der Waals surface area contributed by atoms with Gasteiger partial charge in [0.2, 0.25) is 0 Å². The van der Waals surface area contributed by atoms with Gasteiger partial charge in [0, 0.05) is 16.3 Å². The van der Waals surface area contributed by atoms with Crippen LogP contribution in [0.1, 0.15) is 5.76 Å². The minimum atomic E-state index is 0.384. The van der Waals surface area contributed by atoms with Crippen molar-refractivity contribution in [3.05, 3.63) is 76.5 Å². The zero-order valence-electron chi connectivity index (χ0n) is 12.9. The molecule has 0 fully saturated rings. The van der Waals surface area contributed by atoms with Gasteiger partial charge in [-0.3, -0.25) is 5.43 Å². The fourth-order valence-electron chi connectivity index (χ4n) is 2.09. The number of thiocarbonyl (C=S) groups is 1. The van der Waals surface area contributed by atoms with Crippen molar-refractivity contribution in [1.82, 2.24) is 5.43 Å². The number of nitrogens with zero attached hydrogens (tertiary/aromatic N) is 1. The van der Waals surface area contributed by atoms with Gasteiger partial charge in [-0.15, -0.1) is 0 Å². The molecule has 0 spiro atoms. The number of anilines is 1. The summed E-state index contributed by atoms with van der Waals surface area (Å²) in [6.45, 7) is 0. The van der Waals surface area contributed by atoms with Crippen molar-refractivity contribution >= 4 is 52.4 Å². The van der Waals surface area contributed by atoms with Gasteiger partial charge in [0.15, 0.2) is 5.11 Å². The number of hydrogen-bond donors (Lipinski definition) is 2. The van der Waals surface area contributed by atoms with E-state index in [1.165, 1.54) is 6.21 Å². The number of hydrazone groups is 1. The maximum absolute atomic E-state index is 6.18. The summed E-state index contributed by atoms with van der Waals surface area (Å²) in [7, 11) is 0. The molecular weight excluding hydrogens is 377 g/mol. The average Bonchev–Trinajstić information content (AvgIpc) is 3.04. The Labute approximate surface area is 160 Å². The van der Waals surface area contributed by atoms with E-state index in [0.29, 0.717) is 26.7 Å². The summed E-state index contributed by atoms with van der Waals surface area (Å²) >= 11 is 17.2. The van der Waals surface area contributed by atoms with Crippen LogP contribution in [-0.2, 0) is 0 Å². The Morgan fingerprint density at radius 1 is 1.04 bits per heavy atom. The number of halogens is 2. The van der Waals surface area contributed by atoms with Gasteiger partial charge in [-0.1, -0.05) is 41.4 Å². The Kier molecular flexibility index (Phi) is 5.71. The van der Waals surface area contributed by atoms with Gasteiger partial charge in [-0.05, 0) is 54.7 Å². The molecule has 25 heavy (non-hydrogen) atoms. The van der Waals surface area contributed by atoms with Gasteiger partial charge in [0.1, 0.15) is 11.5 Å². The Bertz CT molecular complexity index is 910. The molecule has 126 valence electrons. The molecule has 0 amide bonds. The molecule has 1 heterocycles. The predicted molar refractivity (Wildman–Crippen MR) is 108 cm³/mol. The highest BCUT2D eigenvalue weighted by molar-refractivity contribution is 7.80. The summed E-state index contributed by atoms with van der Waals surface area (Å²) in [4.78, 5) is 0. The van der Waals surface area contributed by atoms with E-state index in [9.17, 15) is 0 Å². The monoisotopic (exact) mass is 389 g/mol. The number of rotatable bonds is 4. The fourth-order valence-corrected chi connectivity index (χ4v) is 2.76. The highest BCUT2D eigenvalue weighted by atomic mass is 35.5. The molecule has 3 aromatic rings. The van der Waals surface area contributed by atoms with Crippen molar-refractivity contribution in [2.75, 3.05) is 5.32 Å². The lowest BCUT2D eigenvalue weighted by Crippen LogP contribution is -2.23. The molecule has 0 radical (unpaired) electrons. The first-order valence-corrected chi connectivity index (χ1v) is 8.48. The van der Waals surface area contributed by atoms with Crippen LogP contribution in [0, 0.1) is 0 Å². The smallest absolute Gasteiger partial charge is 0.191 e. The zero-order chi connectivity index (χ0) is 17.6. The molecule has 0 aliphatic carbocycles. The summed E-state index contributed by atoms with van der Waals surface area (Å²) in [5, 5.41) is 8.56. The normalized spacial score (nSPS) is 10.8. The lowest BCUT2D eigenvalue weighted by Gasteiger charge is -2.05. The summed E-state index contributed by atoms with van der Waals surface area (Å²) in [6.07, 6.45) is 1.53. The van der Waals surface area contributed by atoms with Crippen molar-refractivity contribution in [2.24, 2.45) is 5.10 Å². The number of nitrogens with one attached hydrogen (secondary N) is 2. The van der Waals surface area contributed by atoms with Gasteiger partial charge >= 0.3 is 0 Å². The van der Waals surface area contributed by atoms with Crippen LogP contribution in [0.4, 0.5) is 5.69 Å². The van der Waals surface area contributed by atoms with E-state index in [4.69, 9.17) is 39.8 Å². The number of hydrogen-bond acceptors (Lipinski definition) is 3. The number of furan rings is 1. The van der Waals surface area contributed by atoms with E-state index in [0.717, 1.165) is 11.3 Å². The second-order valence-corrected chi connectivity index (χ2v) is 6.27. The molecule has 7 heteroatoms. The molecule has 0 saturated carbocycles. The number of para-hydroxylation sites is 1. The zero-order valence-corrected chi connectivity index (χ0v) is 15.2. The topological polar surface area (TPSA) is 49.6 Å². The largest absolute Gasteiger partial charge is 0.455 e. The quantitative estimate of drug-likeness (QED) is 0.347. The second-order valence-electron chi connectivity index (χ2n) is 5.02. The van der Waals surface area contributed by atoms with Crippen LogP contribution in [0.5, 0.6) is 0 Å². The summed E-state index contributed by atoms with van der Waals surface area (Å²) in [5.41, 5.74) is 4.38. The summed E-state index contributed by atoms with van der Waals surface area (Å²) in [5.74, 6) is 1.20. The predicted octanol–water partition coefficient (Wildman–Crippen LogP) is 5.57. The molecule has 0 bridgehead atoms. The first-order valence-electron chi connectivity index (χ1n) is 7.32. The van der Waals surface area contributed by atoms with E-state index in [1.54, 1.807) is 18.2 Å². The minimum Gasteiger partial charge on any atom is -0.455 e. The van der Waals surface area contributed by atoms with E-state index in [-0.39, 0.29) is 0 Å². The maximum Gasteiger partial charge on any atom is 0.191 e. The summed E-state index contributed by atoms with van der Waals surface area (Å²) < 4.78 is 5.71. The van der Waals surface area contributed by atoms with Crippen LogP contribution >= 0.6 is 35.4 Å². The third-order valence-corrected chi connectivity index (χ3v) is 3.95. The molecule has 2 aromatic carbocycles. The van der Waals surface area contributed by atoms with Gasteiger partial charge in [0.25, 0.3) is 0 Å². The molecule has 0 unspecified atom stereocenters. The highest BCUT2D eigenvalue weighted by Crippen LogP contribution is 2.31. The molecule has 4 nitrogen and oxygen atoms in total. The van der Waals surface area contributed by atoms with E-state index >= 15 is 0 Å². The minimum absolute atomic E-state index is 0.384. The molecule has 2 N–H and O–H groups in total. The Morgan fingerprint density at radius 2 is 1.84 bits per heavy atom. The van der Waals surface area contributed by atoms with Crippen molar-refractivity contribution < 1.29 is 4.42 Å². The Hall–Kier alpha value is -2.34. The van der Waals surface area contributed by atoms with Crippen LogP contribution in [0.2, 0.25) is 10.0 Å². The molecule has 0 aliphatic rings. The summed E-state index contributed by atoms with van der Waals surface area (Å²) in [6, 6.07) is 18.4. The van der Waals surface area contributed by atoms with Crippen LogP contribution in [0.25, 0.3) is 11.3 Å². The lowest BCUT2D eigenvalue weighted by molar-refractivity contribution is 0.574. The second kappa shape index (κ2) is 8.16. The molecular formula is C18H13Cl2N3OS. The van der Waals surface area contributed by atoms with Gasteiger partial charge < -0.3 is 9.73 Å². The van der Waals surface area contributed by atoms with Crippen molar-refractivity contribution in [2.45, 2.75) is 0 Å². The van der Waals surface area contributed by atoms with Crippen LogP contribution in [0.15, 0.2) is 70.2 Å². The number of benzene rings is 2. The maximum atomic E-state index is 6.18. The average molecular weight is 390 g/mol. The standard InChI is InChI=1S/C18H13Cl2N3OS/c19-12-6-8-15(16(20)10-12)17-9-7-14(24-17)11-21-23-18(25)22-13-4-2-1-3-5-13/h1-11H,(H2,22,23,25)/b21-11-. The first kappa shape index (κ1) is 17.5. The van der Waals surface area contributed by atoms with E-state index in [2.05, 4.69) is 15.8 Å². The van der Waals surface area contributed by atoms with Gasteiger partial charge in [-0.25, -0.2) is 0 Å². The van der Waals surface area contributed by atoms with Crippen LogP contribution in [-0.4, -0.2) is 11.3 Å². The highest BCUT2D eigenvalue weighted by Gasteiger charge is 2.08. The van der Waals surface area contributed by atoms with Crippen molar-refractivity contribution in [3.8, 4) is 11.3 Å². The van der Waals surface area contributed by atoms with Crippen LogP contribution < -0.4 is 10.7 Å². The Balaban J connectivity index is 1.61. The van der Waals surface area contributed by atoms with E-state index < -0.39 is 0 Å². The van der Waals surface area contributed by atoms with Crippen molar-refractivity contribution in [3.63, 3.8) is 0 Å². The van der Waals surface area contributed by atoms with E-state index in [1.807, 2.05) is 42.5 Å². The molecule has 0 saturated heterocycles. The molecule has 3 rings (SSSR count). The Morgan fingerprint density at radius 3 is 2.60 bits per heavy atom. The van der Waals surface area contributed by atoms with Gasteiger partial charge in [-0.2, -0.15) is 5.10 Å². The molecule has 1 aromatic heterocycles. The molecule has 0 aliphatic heterocycles. The lowest BCUT2D eigenvalue weighted by atomic mass is 10.2. The fraction of sp³-hybridized carbons (Fsp3) is 0. The van der Waals surface area contributed by atoms with Gasteiger partial charge in [0.05, 0.1) is 11.2 Å². The third-order valence-electron chi connectivity index (χ3n) is 3.21. The van der Waals surface area contributed by atoms with Crippen LogP contribution in [0.3, 0.4) is 0 Å².